The number of nitrogens with zero attached hydrogens (tertiary/aromatic N) is 1. The number of hydrogen-bond acceptors (Lipinski definition) is 8. The second-order valence-corrected chi connectivity index (χ2v) is 8.01. The number of esters is 1. The Hall–Kier alpha value is -5.06. The maximum Gasteiger partial charge on any atom is 0.433 e. The van der Waals surface area contributed by atoms with Crippen LogP contribution in [-0.4, -0.2) is 49.2 Å². The van der Waals surface area contributed by atoms with Gasteiger partial charge in [0.25, 0.3) is 5.91 Å². The largest absolute Gasteiger partial charge is 0.482 e. The molecule has 2 N–H and O–H groups in total. The number of carbonyl (C=O) groups excluding carboxylic acids is 4. The summed E-state index contributed by atoms with van der Waals surface area (Å²) in [5.41, 5.74) is 3.44. The molecule has 39 heavy (non-hydrogen) atoms. The SMILES string of the molecule is CCOC(=O)COc1ccc(C(=O)[C@H](C)NC(=O)c2ccc(C=NNC(=O)Oc3ccc(F)cc3)cc2)cc1. The summed E-state index contributed by atoms with van der Waals surface area (Å²) in [5, 5.41) is 6.42. The molecule has 0 heterocycles. The van der Waals surface area contributed by atoms with Crippen molar-refractivity contribution in [2.24, 2.45) is 5.10 Å². The van der Waals surface area contributed by atoms with E-state index in [1.165, 1.54) is 18.3 Å². The number of ketones is 1. The molecule has 0 unspecified atom stereocenters. The molecule has 0 bridgehead atoms. The second kappa shape index (κ2) is 14.0. The highest BCUT2D eigenvalue weighted by molar-refractivity contribution is 6.04. The van der Waals surface area contributed by atoms with Gasteiger partial charge in [-0.3, -0.25) is 9.59 Å². The van der Waals surface area contributed by atoms with E-state index in [2.05, 4.69) is 15.8 Å². The number of carbonyl (C=O) groups is 4. The van der Waals surface area contributed by atoms with Crippen molar-refractivity contribution in [1.29, 1.82) is 0 Å². The molecule has 0 saturated carbocycles. The van der Waals surface area contributed by atoms with Gasteiger partial charge in [-0.1, -0.05) is 12.1 Å². The van der Waals surface area contributed by atoms with Crippen LogP contribution >= 0.6 is 0 Å². The summed E-state index contributed by atoms with van der Waals surface area (Å²) in [6.07, 6.45) is 0.492. The second-order valence-electron chi connectivity index (χ2n) is 8.01. The van der Waals surface area contributed by atoms with E-state index in [4.69, 9.17) is 14.2 Å². The van der Waals surface area contributed by atoms with Crippen molar-refractivity contribution in [3.05, 3.63) is 95.3 Å². The molecule has 0 aliphatic rings. The van der Waals surface area contributed by atoms with Crippen LogP contribution in [0.15, 0.2) is 77.9 Å². The first kappa shape index (κ1) is 28.5. The quantitative estimate of drug-likeness (QED) is 0.165. The van der Waals surface area contributed by atoms with Crippen molar-refractivity contribution in [2.45, 2.75) is 19.9 Å². The lowest BCUT2D eigenvalue weighted by Gasteiger charge is -2.13. The van der Waals surface area contributed by atoms with Crippen LogP contribution in [0.5, 0.6) is 11.5 Å². The van der Waals surface area contributed by atoms with Crippen LogP contribution in [0.25, 0.3) is 0 Å². The van der Waals surface area contributed by atoms with E-state index in [1.54, 1.807) is 62.4 Å². The maximum absolute atomic E-state index is 12.9. The summed E-state index contributed by atoms with van der Waals surface area (Å²) in [6, 6.07) is 16.6. The van der Waals surface area contributed by atoms with Gasteiger partial charge in [0.05, 0.1) is 18.9 Å². The van der Waals surface area contributed by atoms with Gasteiger partial charge in [-0.05, 0) is 80.1 Å². The topological polar surface area (TPSA) is 132 Å². The molecule has 0 aromatic heterocycles. The van der Waals surface area contributed by atoms with E-state index in [9.17, 15) is 23.6 Å². The molecule has 3 aromatic rings. The molecule has 11 heteroatoms. The number of hydrazone groups is 1. The Morgan fingerprint density at radius 1 is 0.897 bits per heavy atom. The fraction of sp³-hybridized carbons (Fsp3) is 0.179. The fourth-order valence-corrected chi connectivity index (χ4v) is 3.17. The van der Waals surface area contributed by atoms with Crippen LogP contribution in [0.4, 0.5) is 9.18 Å². The highest BCUT2D eigenvalue weighted by Gasteiger charge is 2.18. The minimum absolute atomic E-state index is 0.157. The van der Waals surface area contributed by atoms with E-state index in [0.29, 0.717) is 22.4 Å². The van der Waals surface area contributed by atoms with E-state index >= 15 is 0 Å². The molecule has 1 atom stereocenters. The van der Waals surface area contributed by atoms with Crippen LogP contribution in [-0.2, 0) is 9.53 Å². The van der Waals surface area contributed by atoms with Gasteiger partial charge in [0.1, 0.15) is 17.3 Å². The van der Waals surface area contributed by atoms with Gasteiger partial charge < -0.3 is 19.5 Å². The Morgan fingerprint density at radius 3 is 2.15 bits per heavy atom. The Labute approximate surface area is 223 Å². The maximum atomic E-state index is 12.9. The first-order valence-electron chi connectivity index (χ1n) is 11.8. The van der Waals surface area contributed by atoms with Crippen LogP contribution in [0.2, 0.25) is 0 Å². The van der Waals surface area contributed by atoms with E-state index < -0.39 is 29.8 Å². The van der Waals surface area contributed by atoms with Gasteiger partial charge >= 0.3 is 12.1 Å². The van der Waals surface area contributed by atoms with Crippen LogP contribution in [0, 0.1) is 5.82 Å². The lowest BCUT2D eigenvalue weighted by molar-refractivity contribution is -0.145. The zero-order chi connectivity index (χ0) is 28.2. The summed E-state index contributed by atoms with van der Waals surface area (Å²) in [7, 11) is 0. The van der Waals surface area contributed by atoms with Gasteiger partial charge in [-0.25, -0.2) is 19.4 Å². The molecular formula is C28H26FN3O7. The van der Waals surface area contributed by atoms with E-state index in [0.717, 1.165) is 12.1 Å². The van der Waals surface area contributed by atoms with Gasteiger partial charge in [-0.15, -0.1) is 0 Å². The van der Waals surface area contributed by atoms with E-state index in [-0.39, 0.29) is 24.7 Å². The molecule has 0 fully saturated rings. The zero-order valence-electron chi connectivity index (χ0n) is 21.2. The number of hydrogen-bond donors (Lipinski definition) is 2. The summed E-state index contributed by atoms with van der Waals surface area (Å²) in [4.78, 5) is 48.4. The molecule has 202 valence electrons. The predicted octanol–water partition coefficient (Wildman–Crippen LogP) is 3.89. The average Bonchev–Trinajstić information content (AvgIpc) is 2.93. The normalized spacial score (nSPS) is 11.4. The summed E-state index contributed by atoms with van der Waals surface area (Å²) >= 11 is 0. The predicted molar refractivity (Wildman–Crippen MR) is 139 cm³/mol. The summed E-state index contributed by atoms with van der Waals surface area (Å²) in [6.45, 7) is 3.29. The number of Topliss-reactive ketones (excluding diaryl/α,β-unsaturated/α-hetero) is 1. The molecule has 0 aliphatic carbocycles. The molecule has 3 rings (SSSR count). The minimum Gasteiger partial charge on any atom is -0.482 e. The van der Waals surface area contributed by atoms with Crippen molar-refractivity contribution >= 4 is 30.0 Å². The van der Waals surface area contributed by atoms with Crippen molar-refractivity contribution in [2.75, 3.05) is 13.2 Å². The van der Waals surface area contributed by atoms with Gasteiger partial charge in [0.15, 0.2) is 12.4 Å². The molecule has 0 radical (unpaired) electrons. The number of rotatable bonds is 11. The van der Waals surface area contributed by atoms with Crippen molar-refractivity contribution in [3.8, 4) is 11.5 Å². The Bertz CT molecular complexity index is 1320. The standard InChI is InChI=1S/C28H26FN3O7/c1-3-37-25(33)17-38-23-12-8-20(9-13-23)26(34)18(2)31-27(35)21-6-4-19(5-7-21)16-30-32-28(36)39-24-14-10-22(29)11-15-24/h4-16,18H,3,17H2,1-2H3,(H,31,35)(H,32,36)/t18-/m0/s1. The first-order valence-corrected chi connectivity index (χ1v) is 11.8. The first-order chi connectivity index (χ1) is 18.7. The lowest BCUT2D eigenvalue weighted by Crippen LogP contribution is -2.38. The fourth-order valence-electron chi connectivity index (χ4n) is 3.17. The Kier molecular flexibility index (Phi) is 10.3. The third-order valence-electron chi connectivity index (χ3n) is 5.11. The minimum atomic E-state index is -0.855. The molecule has 10 nitrogen and oxygen atoms in total. The van der Waals surface area contributed by atoms with Gasteiger partial charge in [0, 0.05) is 11.1 Å². The van der Waals surface area contributed by atoms with Crippen LogP contribution in [0.3, 0.4) is 0 Å². The molecule has 0 saturated heterocycles. The van der Waals surface area contributed by atoms with Crippen molar-refractivity contribution in [3.63, 3.8) is 0 Å². The van der Waals surface area contributed by atoms with Gasteiger partial charge in [-0.2, -0.15) is 5.10 Å². The number of benzene rings is 3. The molecule has 3 aromatic carbocycles. The highest BCUT2D eigenvalue weighted by Crippen LogP contribution is 2.14. The van der Waals surface area contributed by atoms with E-state index in [1.807, 2.05) is 0 Å². The molecule has 0 aliphatic heterocycles. The molecular weight excluding hydrogens is 509 g/mol. The molecule has 2 amide bonds. The number of nitrogens with one attached hydrogen (secondary N) is 2. The number of ether oxygens (including phenoxy) is 3. The number of halogens is 1. The summed E-state index contributed by atoms with van der Waals surface area (Å²) < 4.78 is 27.9. The average molecular weight is 536 g/mol. The monoisotopic (exact) mass is 535 g/mol. The third-order valence-corrected chi connectivity index (χ3v) is 5.11. The number of amides is 2. The summed E-state index contributed by atoms with van der Waals surface area (Å²) in [5.74, 6) is -1.14. The van der Waals surface area contributed by atoms with Crippen LogP contribution < -0.4 is 20.2 Å². The van der Waals surface area contributed by atoms with Crippen molar-refractivity contribution < 1.29 is 37.8 Å². The Balaban J connectivity index is 1.47. The smallest absolute Gasteiger partial charge is 0.433 e. The van der Waals surface area contributed by atoms with Gasteiger partial charge in [0.2, 0.25) is 0 Å². The lowest BCUT2D eigenvalue weighted by atomic mass is 10.0. The zero-order valence-corrected chi connectivity index (χ0v) is 21.2. The third kappa shape index (κ3) is 9.08. The molecule has 0 spiro atoms. The highest BCUT2D eigenvalue weighted by atomic mass is 19.1. The van der Waals surface area contributed by atoms with Crippen molar-refractivity contribution in [1.82, 2.24) is 10.7 Å². The van der Waals surface area contributed by atoms with Crippen LogP contribution in [0.1, 0.15) is 40.1 Å². The Morgan fingerprint density at radius 2 is 1.51 bits per heavy atom.